The molecule has 3 aromatic rings. The first-order chi connectivity index (χ1) is 17.9. The quantitative estimate of drug-likeness (QED) is 0.238. The van der Waals surface area contributed by atoms with Crippen LogP contribution in [0.25, 0.3) is 22.3 Å². The van der Waals surface area contributed by atoms with Gasteiger partial charge in [-0.15, -0.1) is 0 Å². The summed E-state index contributed by atoms with van der Waals surface area (Å²) in [6, 6.07) is 8.41. The average molecular weight is 581 g/mol. The van der Waals surface area contributed by atoms with Crippen LogP contribution in [0.15, 0.2) is 24.3 Å². The molecule has 0 bridgehead atoms. The van der Waals surface area contributed by atoms with Gasteiger partial charge < -0.3 is 24.8 Å². The maximum absolute atomic E-state index is 11.3. The van der Waals surface area contributed by atoms with Crippen LogP contribution in [0.1, 0.15) is 19.8 Å². The van der Waals surface area contributed by atoms with Crippen LogP contribution in [-0.4, -0.2) is 61.3 Å². The van der Waals surface area contributed by atoms with Gasteiger partial charge in [-0.2, -0.15) is 5.10 Å². The zero-order valence-corrected chi connectivity index (χ0v) is 25.0. The molecule has 2 aromatic heterocycles. The van der Waals surface area contributed by atoms with Gasteiger partial charge in [0.2, 0.25) is 0 Å². The number of rotatable bonds is 9. The van der Waals surface area contributed by atoms with Crippen LogP contribution in [0, 0.1) is 0 Å². The van der Waals surface area contributed by atoms with Crippen molar-refractivity contribution >= 4 is 54.2 Å². The Hall–Kier alpha value is -2.53. The first-order valence-corrected chi connectivity index (χ1v) is 17.1. The van der Waals surface area contributed by atoms with Gasteiger partial charge in [0.05, 0.1) is 22.5 Å². The third-order valence-corrected chi connectivity index (χ3v) is 9.30. The second-order valence-corrected chi connectivity index (χ2v) is 17.4. The van der Waals surface area contributed by atoms with Gasteiger partial charge >= 0.3 is 6.09 Å². The largest absolute Gasteiger partial charge is 0.496 e. The predicted octanol–water partition coefficient (Wildman–Crippen LogP) is 6.18. The molecule has 1 aliphatic rings. The molecule has 1 saturated heterocycles. The van der Waals surface area contributed by atoms with E-state index in [1.54, 1.807) is 17.9 Å². The molecule has 1 aliphatic heterocycles. The van der Waals surface area contributed by atoms with Gasteiger partial charge in [-0.3, -0.25) is 0 Å². The lowest BCUT2D eigenvalue weighted by molar-refractivity contribution is 0.0126. The molecule has 2 N–H and O–H groups in total. The summed E-state index contributed by atoms with van der Waals surface area (Å²) >= 11 is 12.9. The highest BCUT2D eigenvalue weighted by Gasteiger charge is 2.34. The topological polar surface area (TPSA) is 105 Å². The second kappa shape index (κ2) is 11.3. The maximum Gasteiger partial charge on any atom is 0.405 e. The van der Waals surface area contributed by atoms with Crippen molar-refractivity contribution in [3.8, 4) is 17.0 Å². The number of primary amides is 1. The lowest BCUT2D eigenvalue weighted by Crippen LogP contribution is -2.46. The number of fused-ring (bicyclic) bond motifs is 1. The van der Waals surface area contributed by atoms with Crippen molar-refractivity contribution < 1.29 is 19.0 Å². The zero-order valence-electron chi connectivity index (χ0n) is 22.5. The van der Waals surface area contributed by atoms with Crippen molar-refractivity contribution in [3.05, 3.63) is 34.3 Å². The minimum Gasteiger partial charge on any atom is -0.496 e. The number of ether oxygens (including phenoxy) is 3. The number of anilines is 1. The van der Waals surface area contributed by atoms with Gasteiger partial charge in [0.25, 0.3) is 0 Å². The Morgan fingerprint density at radius 1 is 1.21 bits per heavy atom. The monoisotopic (exact) mass is 579 g/mol. The molecule has 1 fully saturated rings. The van der Waals surface area contributed by atoms with E-state index in [4.69, 9.17) is 53.2 Å². The van der Waals surface area contributed by atoms with Crippen molar-refractivity contribution in [2.24, 2.45) is 5.73 Å². The molecular formula is C26H35Cl2N5O4Si. The highest BCUT2D eigenvalue weighted by molar-refractivity contribution is 6.76. The molecule has 0 saturated carbocycles. The van der Waals surface area contributed by atoms with E-state index in [2.05, 4.69) is 24.5 Å². The van der Waals surface area contributed by atoms with Crippen molar-refractivity contribution in [2.75, 3.05) is 31.7 Å². The smallest absolute Gasteiger partial charge is 0.405 e. The number of methoxy groups -OCH3 is 1. The zero-order chi connectivity index (χ0) is 27.7. The summed E-state index contributed by atoms with van der Waals surface area (Å²) in [5.41, 5.74) is 6.61. The predicted molar refractivity (Wildman–Crippen MR) is 154 cm³/mol. The summed E-state index contributed by atoms with van der Waals surface area (Å²) in [4.78, 5) is 18.5. The third-order valence-electron chi connectivity index (χ3n) is 6.78. The van der Waals surface area contributed by atoms with Crippen LogP contribution in [-0.2, 0) is 16.2 Å². The molecule has 0 radical (unpaired) electrons. The van der Waals surface area contributed by atoms with Crippen molar-refractivity contribution in [1.29, 1.82) is 0 Å². The van der Waals surface area contributed by atoms with Crippen LogP contribution >= 0.6 is 23.2 Å². The first-order valence-electron chi connectivity index (χ1n) is 12.6. The molecule has 12 heteroatoms. The molecule has 38 heavy (non-hydrogen) atoms. The molecule has 0 aliphatic carbocycles. The van der Waals surface area contributed by atoms with Crippen LogP contribution in [0.3, 0.4) is 0 Å². The fourth-order valence-electron chi connectivity index (χ4n) is 4.50. The van der Waals surface area contributed by atoms with Crippen LogP contribution in [0.2, 0.25) is 35.7 Å². The van der Waals surface area contributed by atoms with Crippen LogP contribution < -0.4 is 15.4 Å². The Balaban J connectivity index is 1.74. The molecule has 1 aromatic carbocycles. The highest BCUT2D eigenvalue weighted by atomic mass is 35.5. The Kier molecular flexibility index (Phi) is 8.46. The Morgan fingerprint density at radius 2 is 1.92 bits per heavy atom. The van der Waals surface area contributed by atoms with E-state index in [9.17, 15) is 4.79 Å². The van der Waals surface area contributed by atoms with Gasteiger partial charge in [0, 0.05) is 52.2 Å². The highest BCUT2D eigenvalue weighted by Crippen LogP contribution is 2.41. The number of nitrogens with zero attached hydrogens (tertiary/aromatic N) is 4. The first kappa shape index (κ1) is 28.5. The lowest BCUT2D eigenvalue weighted by Gasteiger charge is -2.38. The molecule has 0 atom stereocenters. The maximum atomic E-state index is 11.3. The standard InChI is InChI=1S/C26H35Cl2N5O4Si/c1-26(37-25(29)34)9-11-32(12-10-26)20-15-19(35-2)21-23(17-7-6-8-18(27)22(17)28)31-33(24(21)30-20)16-36-13-14-38(3,4)5/h6-8,15H,9-14,16H2,1-5H3,(H2,29,34). The minimum atomic E-state index is -1.25. The normalized spacial score (nSPS) is 15.6. The van der Waals surface area contributed by atoms with E-state index in [1.807, 2.05) is 25.1 Å². The summed E-state index contributed by atoms with van der Waals surface area (Å²) < 4.78 is 19.0. The Labute approximate surface area is 234 Å². The van der Waals surface area contributed by atoms with Crippen molar-refractivity contribution in [2.45, 2.75) is 57.8 Å². The van der Waals surface area contributed by atoms with E-state index in [-0.39, 0.29) is 6.73 Å². The van der Waals surface area contributed by atoms with E-state index in [1.165, 1.54) is 0 Å². The van der Waals surface area contributed by atoms with E-state index >= 15 is 0 Å². The van der Waals surface area contributed by atoms with Crippen molar-refractivity contribution in [1.82, 2.24) is 14.8 Å². The summed E-state index contributed by atoms with van der Waals surface area (Å²) in [5, 5.41) is 6.46. The SMILES string of the molecule is COc1cc(N2CCC(C)(OC(N)=O)CC2)nc2c1c(-c1cccc(Cl)c1Cl)nn2COCC[Si](C)(C)C. The van der Waals surface area contributed by atoms with E-state index in [0.717, 1.165) is 17.2 Å². The number of aromatic nitrogens is 3. The van der Waals surface area contributed by atoms with Crippen LogP contribution in [0.4, 0.5) is 10.6 Å². The third kappa shape index (κ3) is 6.36. The van der Waals surface area contributed by atoms with Gasteiger partial charge in [0.1, 0.15) is 29.6 Å². The van der Waals surface area contributed by atoms with E-state index in [0.29, 0.717) is 65.2 Å². The Bertz CT molecular complexity index is 1320. The average Bonchev–Trinajstić information content (AvgIpc) is 3.20. The number of nitrogens with two attached hydrogens (primary N) is 1. The fraction of sp³-hybridized carbons (Fsp3) is 0.500. The lowest BCUT2D eigenvalue weighted by atomic mass is 9.93. The van der Waals surface area contributed by atoms with Gasteiger partial charge in [0.15, 0.2) is 5.65 Å². The van der Waals surface area contributed by atoms with Gasteiger partial charge in [-0.25, -0.2) is 14.5 Å². The number of amides is 1. The summed E-state index contributed by atoms with van der Waals surface area (Å²) in [6.45, 7) is 11.0. The summed E-state index contributed by atoms with van der Waals surface area (Å²) in [7, 11) is 0.376. The number of carbonyl (C=O) groups excluding carboxylic acids is 1. The fourth-order valence-corrected chi connectivity index (χ4v) is 5.64. The molecule has 0 unspecified atom stereocenters. The Morgan fingerprint density at radius 3 is 2.55 bits per heavy atom. The number of benzene rings is 1. The molecule has 4 rings (SSSR count). The number of hydrogen-bond acceptors (Lipinski definition) is 7. The summed E-state index contributed by atoms with van der Waals surface area (Å²) in [5.74, 6) is 1.36. The molecule has 206 valence electrons. The minimum absolute atomic E-state index is 0.239. The molecule has 0 spiro atoms. The number of carbonyl (C=O) groups is 1. The van der Waals surface area contributed by atoms with Gasteiger partial charge in [-0.05, 0) is 19.0 Å². The number of hydrogen-bond donors (Lipinski definition) is 1. The molecule has 3 heterocycles. The molecular weight excluding hydrogens is 545 g/mol. The van der Waals surface area contributed by atoms with Crippen molar-refractivity contribution in [3.63, 3.8) is 0 Å². The van der Waals surface area contributed by atoms with Crippen LogP contribution in [0.5, 0.6) is 5.75 Å². The summed E-state index contributed by atoms with van der Waals surface area (Å²) in [6.07, 6.45) is 0.494. The number of halogens is 2. The molecule has 1 amide bonds. The number of pyridine rings is 1. The van der Waals surface area contributed by atoms with Gasteiger partial charge in [-0.1, -0.05) is 55.0 Å². The van der Waals surface area contributed by atoms with E-state index < -0.39 is 19.8 Å². The number of piperidine rings is 1. The molecule has 9 nitrogen and oxygen atoms in total. The second-order valence-electron chi connectivity index (χ2n) is 11.0.